The van der Waals surface area contributed by atoms with Gasteiger partial charge in [0.2, 0.25) is 0 Å². The zero-order chi connectivity index (χ0) is 6.53. The summed E-state index contributed by atoms with van der Waals surface area (Å²) in [6.45, 7) is 2.86. The van der Waals surface area contributed by atoms with Crippen molar-refractivity contribution in [3.8, 4) is 0 Å². The molecule has 9 heavy (non-hydrogen) atoms. The van der Waals surface area contributed by atoms with Gasteiger partial charge in [0.25, 0.3) is 0 Å². The Balaban J connectivity index is 2.08. The normalized spacial score (nSPS) is 28.3. The first-order chi connectivity index (χ1) is 4.43. The van der Waals surface area contributed by atoms with Crippen LogP contribution >= 0.6 is 12.6 Å². The molecule has 54 valence electrons. The van der Waals surface area contributed by atoms with Crippen molar-refractivity contribution in [3.63, 3.8) is 0 Å². The van der Waals surface area contributed by atoms with Gasteiger partial charge in [-0.2, -0.15) is 12.6 Å². The number of thiol groups is 1. The molecule has 1 aliphatic rings. The molecule has 0 bridgehead atoms. The van der Waals surface area contributed by atoms with Crippen molar-refractivity contribution in [2.45, 2.75) is 12.5 Å². The summed E-state index contributed by atoms with van der Waals surface area (Å²) in [5, 5.41) is 3.26. The topological polar surface area (TPSA) is 21.3 Å². The zero-order valence-corrected chi connectivity index (χ0v) is 6.36. The molecule has 0 aromatic rings. The third kappa shape index (κ3) is 2.56. The van der Waals surface area contributed by atoms with E-state index in [0.717, 1.165) is 31.9 Å². The lowest BCUT2D eigenvalue weighted by Crippen LogP contribution is -2.38. The predicted molar refractivity (Wildman–Crippen MR) is 41.1 cm³/mol. The van der Waals surface area contributed by atoms with Gasteiger partial charge >= 0.3 is 0 Å². The molecule has 1 fully saturated rings. The first kappa shape index (κ1) is 7.38. The lowest BCUT2D eigenvalue weighted by atomic mass is 10.2. The monoisotopic (exact) mass is 147 g/mol. The Hall–Kier alpha value is 0.270. The molecule has 3 heteroatoms. The molecule has 0 saturated carbocycles. The first-order valence-corrected chi connectivity index (χ1v) is 4.00. The van der Waals surface area contributed by atoms with Crippen LogP contribution in [0.4, 0.5) is 0 Å². The highest BCUT2D eigenvalue weighted by molar-refractivity contribution is 7.80. The second kappa shape index (κ2) is 4.14. The SMILES string of the molecule is SCCC1CNCCO1. The minimum atomic E-state index is 0.413. The Bertz CT molecular complexity index is 70.7. The molecule has 1 N–H and O–H groups in total. The van der Waals surface area contributed by atoms with Crippen molar-refractivity contribution in [2.24, 2.45) is 0 Å². The molecule has 0 spiro atoms. The molecule has 0 aromatic heterocycles. The molecule has 1 saturated heterocycles. The number of nitrogens with one attached hydrogen (secondary N) is 1. The van der Waals surface area contributed by atoms with Gasteiger partial charge in [0, 0.05) is 13.1 Å². The van der Waals surface area contributed by atoms with E-state index in [2.05, 4.69) is 17.9 Å². The summed E-state index contributed by atoms with van der Waals surface area (Å²) in [6.07, 6.45) is 1.48. The van der Waals surface area contributed by atoms with Gasteiger partial charge in [-0.15, -0.1) is 0 Å². The molecule has 1 atom stereocenters. The van der Waals surface area contributed by atoms with E-state index >= 15 is 0 Å². The van der Waals surface area contributed by atoms with Crippen LogP contribution in [0.3, 0.4) is 0 Å². The summed E-state index contributed by atoms with van der Waals surface area (Å²) in [6, 6.07) is 0. The lowest BCUT2D eigenvalue weighted by Gasteiger charge is -2.22. The Morgan fingerprint density at radius 2 is 2.56 bits per heavy atom. The third-order valence-electron chi connectivity index (χ3n) is 1.46. The molecule has 1 unspecified atom stereocenters. The van der Waals surface area contributed by atoms with Crippen LogP contribution in [0.2, 0.25) is 0 Å². The first-order valence-electron chi connectivity index (χ1n) is 3.36. The van der Waals surface area contributed by atoms with Crippen LogP contribution in [-0.2, 0) is 4.74 Å². The van der Waals surface area contributed by atoms with Gasteiger partial charge in [0.15, 0.2) is 0 Å². The van der Waals surface area contributed by atoms with Crippen LogP contribution in [-0.4, -0.2) is 31.6 Å². The van der Waals surface area contributed by atoms with E-state index in [1.54, 1.807) is 0 Å². The minimum Gasteiger partial charge on any atom is -0.376 e. The van der Waals surface area contributed by atoms with Gasteiger partial charge in [-0.3, -0.25) is 0 Å². The van der Waals surface area contributed by atoms with Crippen LogP contribution in [0, 0.1) is 0 Å². The maximum absolute atomic E-state index is 5.41. The van der Waals surface area contributed by atoms with Crippen LogP contribution < -0.4 is 5.32 Å². The largest absolute Gasteiger partial charge is 0.376 e. The van der Waals surface area contributed by atoms with E-state index in [1.807, 2.05) is 0 Å². The van der Waals surface area contributed by atoms with E-state index < -0.39 is 0 Å². The highest BCUT2D eigenvalue weighted by atomic mass is 32.1. The van der Waals surface area contributed by atoms with E-state index in [0.29, 0.717) is 6.10 Å². The van der Waals surface area contributed by atoms with E-state index in [-0.39, 0.29) is 0 Å². The number of morpholine rings is 1. The number of hydrogen-bond acceptors (Lipinski definition) is 3. The fourth-order valence-corrected chi connectivity index (χ4v) is 1.24. The van der Waals surface area contributed by atoms with Crippen molar-refractivity contribution >= 4 is 12.6 Å². The Morgan fingerprint density at radius 3 is 3.11 bits per heavy atom. The average Bonchev–Trinajstić information content (AvgIpc) is 1.91. The molecule has 0 aromatic carbocycles. The maximum Gasteiger partial charge on any atom is 0.0707 e. The summed E-state index contributed by atoms with van der Waals surface area (Å²) < 4.78 is 5.41. The average molecular weight is 147 g/mol. The molecular formula is C6H13NOS. The number of rotatable bonds is 2. The Morgan fingerprint density at radius 1 is 1.67 bits per heavy atom. The summed E-state index contributed by atoms with van der Waals surface area (Å²) in [5.41, 5.74) is 0. The van der Waals surface area contributed by atoms with Crippen molar-refractivity contribution in [2.75, 3.05) is 25.4 Å². The van der Waals surface area contributed by atoms with Crippen molar-refractivity contribution < 1.29 is 4.74 Å². The summed E-state index contributed by atoms with van der Waals surface area (Å²) in [5.74, 6) is 0.923. The van der Waals surface area contributed by atoms with E-state index in [9.17, 15) is 0 Å². The summed E-state index contributed by atoms with van der Waals surface area (Å²) in [7, 11) is 0. The Labute approximate surface area is 61.4 Å². The highest BCUT2D eigenvalue weighted by Gasteiger charge is 2.10. The minimum absolute atomic E-state index is 0.413. The van der Waals surface area contributed by atoms with Crippen molar-refractivity contribution in [1.29, 1.82) is 0 Å². The van der Waals surface area contributed by atoms with Crippen molar-refractivity contribution in [3.05, 3.63) is 0 Å². The fourth-order valence-electron chi connectivity index (χ4n) is 0.949. The second-order valence-corrected chi connectivity index (χ2v) is 2.66. The van der Waals surface area contributed by atoms with Crippen LogP contribution in [0.1, 0.15) is 6.42 Å². The zero-order valence-electron chi connectivity index (χ0n) is 5.47. The predicted octanol–water partition coefficient (Wildman–Crippen LogP) is 0.295. The number of ether oxygens (including phenoxy) is 1. The van der Waals surface area contributed by atoms with Gasteiger partial charge in [0.1, 0.15) is 0 Å². The number of hydrogen-bond donors (Lipinski definition) is 2. The quantitative estimate of drug-likeness (QED) is 0.548. The molecule has 1 rings (SSSR count). The van der Waals surface area contributed by atoms with Gasteiger partial charge in [-0.1, -0.05) is 0 Å². The van der Waals surface area contributed by atoms with Gasteiger partial charge < -0.3 is 10.1 Å². The standard InChI is InChI=1S/C6H13NOS/c9-4-1-6-5-7-2-3-8-6/h6-7,9H,1-5H2. The maximum atomic E-state index is 5.41. The molecule has 0 radical (unpaired) electrons. The summed E-state index contributed by atoms with van der Waals surface area (Å²) >= 11 is 4.12. The Kier molecular flexibility index (Phi) is 3.40. The molecule has 1 aliphatic heterocycles. The van der Waals surface area contributed by atoms with Gasteiger partial charge in [-0.05, 0) is 12.2 Å². The molecular weight excluding hydrogens is 134 g/mol. The fraction of sp³-hybridized carbons (Fsp3) is 1.00. The van der Waals surface area contributed by atoms with E-state index in [1.165, 1.54) is 0 Å². The third-order valence-corrected chi connectivity index (χ3v) is 1.71. The van der Waals surface area contributed by atoms with Crippen LogP contribution in [0.15, 0.2) is 0 Å². The molecule has 0 amide bonds. The van der Waals surface area contributed by atoms with Gasteiger partial charge in [0.05, 0.1) is 12.7 Å². The van der Waals surface area contributed by atoms with Crippen LogP contribution in [0.25, 0.3) is 0 Å². The molecule has 2 nitrogen and oxygen atoms in total. The summed E-state index contributed by atoms with van der Waals surface area (Å²) in [4.78, 5) is 0. The van der Waals surface area contributed by atoms with E-state index in [4.69, 9.17) is 4.74 Å². The van der Waals surface area contributed by atoms with Crippen molar-refractivity contribution in [1.82, 2.24) is 5.32 Å². The highest BCUT2D eigenvalue weighted by Crippen LogP contribution is 2.01. The lowest BCUT2D eigenvalue weighted by molar-refractivity contribution is 0.0274. The molecule has 0 aliphatic carbocycles. The smallest absolute Gasteiger partial charge is 0.0707 e. The van der Waals surface area contributed by atoms with Crippen LogP contribution in [0.5, 0.6) is 0 Å². The van der Waals surface area contributed by atoms with Gasteiger partial charge in [-0.25, -0.2) is 0 Å². The second-order valence-electron chi connectivity index (χ2n) is 2.21. The molecule has 1 heterocycles.